The highest BCUT2D eigenvalue weighted by Crippen LogP contribution is 2.50. The predicted octanol–water partition coefficient (Wildman–Crippen LogP) is 15.8. The molecule has 0 N–H and O–H groups in total. The smallest absolute Gasteiger partial charge is 0.0630 e. The van der Waals surface area contributed by atoms with Crippen molar-refractivity contribution in [1.29, 1.82) is 0 Å². The highest BCUT2D eigenvalue weighted by atomic mass is 15.2. The van der Waals surface area contributed by atoms with Crippen molar-refractivity contribution in [2.75, 3.05) is 9.80 Å². The van der Waals surface area contributed by atoms with Crippen molar-refractivity contribution in [3.8, 4) is 27.9 Å². The van der Waals surface area contributed by atoms with Gasteiger partial charge in [0.05, 0.1) is 17.1 Å². The fourth-order valence-corrected chi connectivity index (χ4v) is 9.95. The van der Waals surface area contributed by atoms with Gasteiger partial charge in [-0.1, -0.05) is 164 Å². The van der Waals surface area contributed by atoms with Gasteiger partial charge >= 0.3 is 0 Å². The lowest BCUT2D eigenvalue weighted by Crippen LogP contribution is -2.28. The molecule has 63 heavy (non-hydrogen) atoms. The van der Waals surface area contributed by atoms with E-state index < -0.39 is 0 Å². The first-order valence-corrected chi connectivity index (χ1v) is 21.8. The minimum absolute atomic E-state index is 0.178. The van der Waals surface area contributed by atoms with Gasteiger partial charge in [-0.05, 0) is 124 Å². The largest absolute Gasteiger partial charge is 0.333 e. The minimum atomic E-state index is 0.178. The summed E-state index contributed by atoms with van der Waals surface area (Å²) in [5.41, 5.74) is 18.1. The number of aromatic nitrogens is 1. The molecule has 2 atom stereocenters. The molecule has 0 saturated carbocycles. The number of benzene rings is 9. The fourth-order valence-electron chi connectivity index (χ4n) is 9.95. The van der Waals surface area contributed by atoms with E-state index in [1.807, 2.05) is 0 Å². The molecule has 0 bridgehead atoms. The molecule has 9 aromatic carbocycles. The molecule has 12 rings (SSSR count). The van der Waals surface area contributed by atoms with E-state index in [2.05, 4.69) is 263 Å². The predicted molar refractivity (Wildman–Crippen MR) is 265 cm³/mol. The van der Waals surface area contributed by atoms with E-state index >= 15 is 0 Å². The second-order valence-corrected chi connectivity index (χ2v) is 16.5. The van der Waals surface area contributed by atoms with Gasteiger partial charge in [0.1, 0.15) is 0 Å². The Morgan fingerprint density at radius 3 is 1.78 bits per heavy atom. The normalized spacial score (nSPS) is 15.3. The highest BCUT2D eigenvalue weighted by molar-refractivity contribution is 6.10. The first-order chi connectivity index (χ1) is 31.2. The summed E-state index contributed by atoms with van der Waals surface area (Å²) in [5, 5.41) is 2.54. The Kier molecular flexibility index (Phi) is 8.97. The first kappa shape index (κ1) is 36.7. The van der Waals surface area contributed by atoms with Gasteiger partial charge in [-0.3, -0.25) is 0 Å². The molecule has 1 aromatic heterocycles. The lowest BCUT2D eigenvalue weighted by Gasteiger charge is -2.30. The second kappa shape index (κ2) is 15.4. The quantitative estimate of drug-likeness (QED) is 0.152. The Labute approximate surface area is 368 Å². The van der Waals surface area contributed by atoms with Crippen molar-refractivity contribution in [2.24, 2.45) is 0 Å². The van der Waals surface area contributed by atoms with Crippen molar-refractivity contribution in [2.45, 2.75) is 12.0 Å². The molecule has 2 unspecified atom stereocenters. The van der Waals surface area contributed by atoms with Gasteiger partial charge in [-0.15, -0.1) is 0 Å². The first-order valence-electron chi connectivity index (χ1n) is 21.8. The van der Waals surface area contributed by atoms with Gasteiger partial charge in [0.25, 0.3) is 0 Å². The molecule has 1 aliphatic carbocycles. The van der Waals surface area contributed by atoms with E-state index in [1.165, 1.54) is 77.8 Å². The van der Waals surface area contributed by atoms with Crippen LogP contribution in [0.4, 0.5) is 28.4 Å². The van der Waals surface area contributed by atoms with Crippen LogP contribution in [-0.4, -0.2) is 10.6 Å². The van der Waals surface area contributed by atoms with Crippen molar-refractivity contribution in [3.63, 3.8) is 0 Å². The van der Waals surface area contributed by atoms with E-state index in [9.17, 15) is 0 Å². The number of anilines is 5. The zero-order valence-corrected chi connectivity index (χ0v) is 34.7. The third-order valence-electron chi connectivity index (χ3n) is 12.9. The highest BCUT2D eigenvalue weighted by Gasteiger charge is 2.38. The van der Waals surface area contributed by atoms with E-state index in [0.29, 0.717) is 0 Å². The van der Waals surface area contributed by atoms with Gasteiger partial charge in [-0.2, -0.15) is 0 Å². The van der Waals surface area contributed by atoms with Crippen molar-refractivity contribution < 1.29 is 0 Å². The summed E-state index contributed by atoms with van der Waals surface area (Å²) in [6.45, 7) is 0. The number of nitrogens with zero attached hydrogens (tertiary/aromatic N) is 3. The summed E-state index contributed by atoms with van der Waals surface area (Å²) in [5.74, 6) is 0.227. The molecule has 0 amide bonds. The Bertz CT molecular complexity index is 3330. The maximum atomic E-state index is 2.52. The Balaban J connectivity index is 0.851. The van der Waals surface area contributed by atoms with E-state index in [0.717, 1.165) is 17.1 Å². The van der Waals surface area contributed by atoms with Crippen LogP contribution in [0.15, 0.2) is 249 Å². The van der Waals surface area contributed by atoms with Gasteiger partial charge in [0.15, 0.2) is 0 Å². The Hall–Kier alpha value is -8.14. The third-order valence-corrected chi connectivity index (χ3v) is 12.9. The van der Waals surface area contributed by atoms with Crippen LogP contribution in [0.2, 0.25) is 0 Å². The summed E-state index contributed by atoms with van der Waals surface area (Å²) in [4.78, 5) is 4.86. The SMILES string of the molecule is C1=CC2C(C=C1c1ccc3c(c1)c1ccccc1n3-c1ccccc1)c1ccccc1N2c1ccc(-c2cccc(N(c3ccccc3)c3ccc(-c4ccccc4)cc3)c2)cc1. The summed E-state index contributed by atoms with van der Waals surface area (Å²) < 4.78 is 2.38. The minimum Gasteiger partial charge on any atom is -0.333 e. The molecule has 2 heterocycles. The molecule has 10 aromatic rings. The van der Waals surface area contributed by atoms with Crippen LogP contribution in [0.25, 0.3) is 55.3 Å². The summed E-state index contributed by atoms with van der Waals surface area (Å²) in [7, 11) is 0. The molecule has 0 spiro atoms. The van der Waals surface area contributed by atoms with Crippen LogP contribution in [0.5, 0.6) is 0 Å². The average Bonchev–Trinajstić information content (AvgIpc) is 3.87. The average molecular weight is 806 g/mol. The molecule has 298 valence electrons. The lowest BCUT2D eigenvalue weighted by molar-refractivity contribution is 0.747. The number of fused-ring (bicyclic) bond motifs is 6. The van der Waals surface area contributed by atoms with Crippen molar-refractivity contribution >= 4 is 55.8 Å². The maximum Gasteiger partial charge on any atom is 0.0630 e. The summed E-state index contributed by atoms with van der Waals surface area (Å²) >= 11 is 0. The van der Waals surface area contributed by atoms with E-state index in [1.54, 1.807) is 0 Å². The molecule has 2 aliphatic rings. The molecule has 3 heteroatoms. The zero-order chi connectivity index (χ0) is 41.7. The van der Waals surface area contributed by atoms with Crippen LogP contribution in [0.3, 0.4) is 0 Å². The number of allylic oxidation sites excluding steroid dienone is 2. The summed E-state index contributed by atoms with van der Waals surface area (Å²) in [6, 6.07) is 83.7. The zero-order valence-electron chi connectivity index (χ0n) is 34.7. The van der Waals surface area contributed by atoms with E-state index in [4.69, 9.17) is 0 Å². The van der Waals surface area contributed by atoms with Gasteiger partial charge in [-0.25, -0.2) is 0 Å². The molecule has 3 nitrogen and oxygen atoms in total. The van der Waals surface area contributed by atoms with Crippen LogP contribution in [-0.2, 0) is 0 Å². The number of para-hydroxylation sites is 4. The Morgan fingerprint density at radius 2 is 0.968 bits per heavy atom. The third kappa shape index (κ3) is 6.45. The molecular formula is C60H43N3. The van der Waals surface area contributed by atoms with Crippen LogP contribution in [0, 0.1) is 0 Å². The van der Waals surface area contributed by atoms with Crippen LogP contribution in [0.1, 0.15) is 17.0 Å². The van der Waals surface area contributed by atoms with Gasteiger partial charge in [0.2, 0.25) is 0 Å². The van der Waals surface area contributed by atoms with Crippen LogP contribution < -0.4 is 9.80 Å². The molecule has 0 fully saturated rings. The second-order valence-electron chi connectivity index (χ2n) is 16.5. The standard InChI is InChI=1S/C60H43N3/c1-4-15-42(16-5-1)43-27-33-50(34-28-43)61(48-18-6-2-7-19-48)52-22-14-17-45(39-52)44-29-35-51(36-30-44)63-58-26-13-11-24-54(58)56-41-47(32-38-60(56)63)46-31-37-59-55(40-46)53-23-10-12-25-57(53)62(59)49-20-8-3-9-21-49/h1-41,56,60H. The lowest BCUT2D eigenvalue weighted by atomic mass is 9.86. The number of rotatable bonds is 8. The molecule has 0 radical (unpaired) electrons. The van der Waals surface area contributed by atoms with Crippen molar-refractivity contribution in [1.82, 2.24) is 4.57 Å². The number of hydrogen-bond acceptors (Lipinski definition) is 2. The number of hydrogen-bond donors (Lipinski definition) is 0. The van der Waals surface area contributed by atoms with Crippen molar-refractivity contribution in [3.05, 3.63) is 260 Å². The maximum absolute atomic E-state index is 2.52. The monoisotopic (exact) mass is 805 g/mol. The fraction of sp³-hybridized carbons (Fsp3) is 0.0333. The summed E-state index contributed by atoms with van der Waals surface area (Å²) in [6.07, 6.45) is 7.25. The van der Waals surface area contributed by atoms with E-state index in [-0.39, 0.29) is 12.0 Å². The molecule has 1 aliphatic heterocycles. The topological polar surface area (TPSA) is 11.4 Å². The van der Waals surface area contributed by atoms with Crippen LogP contribution >= 0.6 is 0 Å². The van der Waals surface area contributed by atoms with Gasteiger partial charge in [0, 0.05) is 50.8 Å². The molecule has 0 saturated heterocycles. The molecular weight excluding hydrogens is 763 g/mol. The van der Waals surface area contributed by atoms with Gasteiger partial charge < -0.3 is 14.4 Å². The Morgan fingerprint density at radius 1 is 0.381 bits per heavy atom.